The highest BCUT2D eigenvalue weighted by Crippen LogP contribution is 2.35. The fourth-order valence-electron chi connectivity index (χ4n) is 1.55. The van der Waals surface area contributed by atoms with Crippen molar-refractivity contribution < 1.29 is 32.2 Å². The summed E-state index contributed by atoms with van der Waals surface area (Å²) in [7, 11) is 1.06. The zero-order valence-corrected chi connectivity index (χ0v) is 12.5. The Bertz CT molecular complexity index is 576. The fourth-order valence-corrected chi connectivity index (χ4v) is 1.55. The molecule has 0 saturated heterocycles. The molecule has 0 heterocycles. The van der Waals surface area contributed by atoms with E-state index in [1.165, 1.54) is 0 Å². The number of carbonyl (C=O) groups excluding carboxylic acids is 2. The van der Waals surface area contributed by atoms with E-state index in [1.807, 2.05) is 5.32 Å². The number of hydrogen-bond donors (Lipinski definition) is 1. The standard InChI is InChI=1S/C14H16F3NO4/c1-13(2,3)22-12(20)18-10-6-5-8(11(19)21-4)7-9(10)14(15,16)17/h5-7H,1-4H3,(H,18,20). The van der Waals surface area contributed by atoms with Crippen molar-refractivity contribution in [3.63, 3.8) is 0 Å². The van der Waals surface area contributed by atoms with Crippen molar-refractivity contribution in [2.45, 2.75) is 32.5 Å². The number of hydrogen-bond acceptors (Lipinski definition) is 4. The van der Waals surface area contributed by atoms with Crippen LogP contribution in [-0.4, -0.2) is 24.8 Å². The number of ether oxygens (including phenoxy) is 2. The molecule has 1 N–H and O–H groups in total. The van der Waals surface area contributed by atoms with E-state index in [0.29, 0.717) is 6.07 Å². The van der Waals surface area contributed by atoms with Crippen LogP contribution < -0.4 is 5.32 Å². The molecule has 0 aliphatic heterocycles. The minimum absolute atomic E-state index is 0.274. The Balaban J connectivity index is 3.14. The summed E-state index contributed by atoms with van der Waals surface area (Å²) in [5.74, 6) is -0.908. The predicted octanol–water partition coefficient (Wildman–Crippen LogP) is 3.84. The number of anilines is 1. The number of amides is 1. The van der Waals surface area contributed by atoms with Gasteiger partial charge in [-0.1, -0.05) is 0 Å². The molecule has 5 nitrogen and oxygen atoms in total. The highest BCUT2D eigenvalue weighted by Gasteiger charge is 2.35. The third kappa shape index (κ3) is 4.94. The van der Waals surface area contributed by atoms with Crippen molar-refractivity contribution in [3.8, 4) is 0 Å². The zero-order chi connectivity index (χ0) is 17.1. The quantitative estimate of drug-likeness (QED) is 0.841. The van der Waals surface area contributed by atoms with Crippen LogP contribution in [-0.2, 0) is 15.7 Å². The van der Waals surface area contributed by atoms with Crippen molar-refractivity contribution in [1.29, 1.82) is 0 Å². The zero-order valence-electron chi connectivity index (χ0n) is 12.5. The van der Waals surface area contributed by atoms with Gasteiger partial charge in [0.15, 0.2) is 0 Å². The van der Waals surface area contributed by atoms with Gasteiger partial charge in [-0.15, -0.1) is 0 Å². The van der Waals surface area contributed by atoms with Gasteiger partial charge in [0.1, 0.15) is 5.60 Å². The smallest absolute Gasteiger partial charge is 0.418 e. The van der Waals surface area contributed by atoms with E-state index in [4.69, 9.17) is 4.74 Å². The van der Waals surface area contributed by atoms with Crippen LogP contribution in [0.25, 0.3) is 0 Å². The van der Waals surface area contributed by atoms with Gasteiger partial charge in [0.05, 0.1) is 23.9 Å². The first-order valence-corrected chi connectivity index (χ1v) is 6.23. The molecule has 0 spiro atoms. The van der Waals surface area contributed by atoms with Crippen LogP contribution in [0.1, 0.15) is 36.7 Å². The van der Waals surface area contributed by atoms with E-state index in [2.05, 4.69) is 4.74 Å². The van der Waals surface area contributed by atoms with Gasteiger partial charge in [0.2, 0.25) is 0 Å². The minimum atomic E-state index is -4.76. The number of alkyl halides is 3. The normalized spacial score (nSPS) is 11.8. The largest absolute Gasteiger partial charge is 0.465 e. The van der Waals surface area contributed by atoms with Crippen LogP contribution in [0.15, 0.2) is 18.2 Å². The van der Waals surface area contributed by atoms with Crippen molar-refractivity contribution in [2.75, 3.05) is 12.4 Å². The molecule has 0 radical (unpaired) electrons. The Hall–Kier alpha value is -2.25. The lowest BCUT2D eigenvalue weighted by molar-refractivity contribution is -0.136. The Morgan fingerprint density at radius 2 is 1.73 bits per heavy atom. The Labute approximate surface area is 125 Å². The van der Waals surface area contributed by atoms with Gasteiger partial charge in [-0.25, -0.2) is 9.59 Å². The van der Waals surface area contributed by atoms with E-state index in [-0.39, 0.29) is 5.56 Å². The fraction of sp³-hybridized carbons (Fsp3) is 0.429. The molecule has 0 atom stereocenters. The molecule has 0 unspecified atom stereocenters. The lowest BCUT2D eigenvalue weighted by Crippen LogP contribution is -2.28. The van der Waals surface area contributed by atoms with Gasteiger partial charge in [-0.3, -0.25) is 5.32 Å². The number of nitrogens with one attached hydrogen (secondary N) is 1. The maximum atomic E-state index is 13.0. The van der Waals surface area contributed by atoms with Crippen LogP contribution in [0.2, 0.25) is 0 Å². The lowest BCUT2D eigenvalue weighted by Gasteiger charge is -2.21. The highest BCUT2D eigenvalue weighted by molar-refractivity contribution is 5.92. The number of carbonyl (C=O) groups is 2. The molecule has 8 heteroatoms. The van der Waals surface area contributed by atoms with Gasteiger partial charge < -0.3 is 9.47 Å². The van der Waals surface area contributed by atoms with E-state index in [0.717, 1.165) is 19.2 Å². The molecule has 0 bridgehead atoms. The average molecular weight is 319 g/mol. The molecular formula is C14H16F3NO4. The molecule has 1 aromatic rings. The topological polar surface area (TPSA) is 64.6 Å². The summed E-state index contributed by atoms with van der Waals surface area (Å²) < 4.78 is 48.4. The van der Waals surface area contributed by atoms with Gasteiger partial charge in [-0.2, -0.15) is 13.2 Å². The number of methoxy groups -OCH3 is 1. The molecule has 0 aliphatic carbocycles. The third-order valence-electron chi connectivity index (χ3n) is 2.38. The maximum Gasteiger partial charge on any atom is 0.418 e. The monoisotopic (exact) mass is 319 g/mol. The van der Waals surface area contributed by atoms with Crippen molar-refractivity contribution >= 4 is 17.7 Å². The van der Waals surface area contributed by atoms with E-state index >= 15 is 0 Å². The highest BCUT2D eigenvalue weighted by atomic mass is 19.4. The van der Waals surface area contributed by atoms with Gasteiger partial charge in [0, 0.05) is 0 Å². The average Bonchev–Trinajstić information content (AvgIpc) is 2.34. The predicted molar refractivity (Wildman–Crippen MR) is 72.6 cm³/mol. The molecule has 122 valence electrons. The van der Waals surface area contributed by atoms with Crippen LogP contribution in [0.5, 0.6) is 0 Å². The third-order valence-corrected chi connectivity index (χ3v) is 2.38. The Morgan fingerprint density at radius 1 is 1.14 bits per heavy atom. The maximum absolute atomic E-state index is 13.0. The van der Waals surface area contributed by atoms with Crippen LogP contribution in [0, 0.1) is 0 Å². The first-order chi connectivity index (χ1) is 9.94. The summed E-state index contributed by atoms with van der Waals surface area (Å²) >= 11 is 0. The van der Waals surface area contributed by atoms with Gasteiger partial charge in [0.25, 0.3) is 0 Å². The molecule has 1 rings (SSSR count). The molecule has 0 fully saturated rings. The number of halogens is 3. The summed E-state index contributed by atoms with van der Waals surface area (Å²) in [6, 6.07) is 2.70. The Morgan fingerprint density at radius 3 is 2.18 bits per heavy atom. The molecule has 22 heavy (non-hydrogen) atoms. The van der Waals surface area contributed by atoms with Crippen LogP contribution in [0.4, 0.5) is 23.7 Å². The van der Waals surface area contributed by atoms with Gasteiger partial charge in [-0.05, 0) is 39.0 Å². The second kappa shape index (κ2) is 6.25. The lowest BCUT2D eigenvalue weighted by atomic mass is 10.1. The van der Waals surface area contributed by atoms with Gasteiger partial charge >= 0.3 is 18.2 Å². The van der Waals surface area contributed by atoms with Crippen molar-refractivity contribution in [1.82, 2.24) is 0 Å². The Kier molecular flexibility index (Phi) is 5.05. The summed E-state index contributed by atoms with van der Waals surface area (Å²) in [5, 5.41) is 2.02. The van der Waals surface area contributed by atoms with E-state index in [1.54, 1.807) is 20.8 Å². The number of benzene rings is 1. The van der Waals surface area contributed by atoms with E-state index in [9.17, 15) is 22.8 Å². The SMILES string of the molecule is COC(=O)c1ccc(NC(=O)OC(C)(C)C)c(C(F)(F)F)c1. The molecule has 0 aromatic heterocycles. The summed E-state index contributed by atoms with van der Waals surface area (Å²) in [5.41, 5.74) is -2.80. The molecule has 1 amide bonds. The molecule has 0 aliphatic rings. The second-order valence-corrected chi connectivity index (χ2v) is 5.38. The summed E-state index contributed by atoms with van der Waals surface area (Å²) in [6.45, 7) is 4.74. The minimum Gasteiger partial charge on any atom is -0.465 e. The number of esters is 1. The molecule has 1 aromatic carbocycles. The van der Waals surface area contributed by atoms with Crippen LogP contribution >= 0.6 is 0 Å². The second-order valence-electron chi connectivity index (χ2n) is 5.38. The molecule has 0 saturated carbocycles. The summed E-state index contributed by atoms with van der Waals surface area (Å²) in [4.78, 5) is 22.9. The number of rotatable bonds is 2. The van der Waals surface area contributed by atoms with E-state index < -0.39 is 35.1 Å². The first-order valence-electron chi connectivity index (χ1n) is 6.23. The molecular weight excluding hydrogens is 303 g/mol. The summed E-state index contributed by atoms with van der Waals surface area (Å²) in [6.07, 6.45) is -5.78. The van der Waals surface area contributed by atoms with Crippen LogP contribution in [0.3, 0.4) is 0 Å². The van der Waals surface area contributed by atoms with Crippen molar-refractivity contribution in [2.24, 2.45) is 0 Å². The first kappa shape index (κ1) is 17.8. The van der Waals surface area contributed by atoms with Crippen molar-refractivity contribution in [3.05, 3.63) is 29.3 Å².